The van der Waals surface area contributed by atoms with Crippen LogP contribution in [0.3, 0.4) is 0 Å². The molecule has 0 fully saturated rings. The first kappa shape index (κ1) is 14.6. The van der Waals surface area contributed by atoms with Crippen LogP contribution in [0.15, 0.2) is 59.5 Å². The van der Waals surface area contributed by atoms with Crippen LogP contribution in [0.5, 0.6) is 0 Å². The van der Waals surface area contributed by atoms with Crippen molar-refractivity contribution in [1.82, 2.24) is 0 Å². The van der Waals surface area contributed by atoms with Gasteiger partial charge in [0.25, 0.3) is 0 Å². The smallest absolute Gasteiger partial charge is 0.240 e. The van der Waals surface area contributed by atoms with Crippen LogP contribution in [-0.2, 0) is 16.4 Å². The monoisotopic (exact) mass is 290 g/mol. The lowest BCUT2D eigenvalue weighted by atomic mass is 10.1. The van der Waals surface area contributed by atoms with Gasteiger partial charge in [-0.05, 0) is 30.5 Å². The maximum absolute atomic E-state index is 11.4. The molecule has 0 bridgehead atoms. The van der Waals surface area contributed by atoms with Gasteiger partial charge in [0.05, 0.1) is 5.69 Å². The molecule has 0 aromatic heterocycles. The molecule has 0 aliphatic heterocycles. The van der Waals surface area contributed by atoms with Crippen LogP contribution >= 0.6 is 0 Å². The van der Waals surface area contributed by atoms with Crippen molar-refractivity contribution < 1.29 is 8.42 Å². The highest BCUT2D eigenvalue weighted by Crippen LogP contribution is 2.19. The minimum atomic E-state index is -3.69. The van der Waals surface area contributed by atoms with Crippen molar-refractivity contribution in [2.45, 2.75) is 17.7 Å². The Morgan fingerprint density at radius 3 is 2.30 bits per heavy atom. The fraction of sp³-hybridized carbons (Fsp3) is 0.200. The van der Waals surface area contributed by atoms with Crippen LogP contribution in [0.25, 0.3) is 0 Å². The third-order valence-electron chi connectivity index (χ3n) is 2.99. The maximum atomic E-state index is 11.4. The Balaban J connectivity index is 1.92. The van der Waals surface area contributed by atoms with E-state index in [2.05, 4.69) is 17.4 Å². The second kappa shape index (κ2) is 6.54. The molecule has 2 rings (SSSR count). The number of nitrogens with one attached hydrogen (secondary N) is 1. The summed E-state index contributed by atoms with van der Waals surface area (Å²) in [5.41, 5.74) is 1.83. The quantitative estimate of drug-likeness (QED) is 0.802. The molecule has 0 aliphatic rings. The minimum absolute atomic E-state index is 0.139. The predicted molar refractivity (Wildman–Crippen MR) is 81.1 cm³/mol. The molecule has 5 heteroatoms. The zero-order valence-corrected chi connectivity index (χ0v) is 11.9. The Labute approximate surface area is 119 Å². The van der Waals surface area contributed by atoms with E-state index in [-0.39, 0.29) is 4.90 Å². The van der Waals surface area contributed by atoms with E-state index in [0.717, 1.165) is 12.8 Å². The van der Waals surface area contributed by atoms with E-state index in [1.165, 1.54) is 11.6 Å². The fourth-order valence-corrected chi connectivity index (χ4v) is 2.74. The average molecular weight is 290 g/mol. The highest BCUT2D eigenvalue weighted by Gasteiger charge is 2.12. The molecule has 2 aromatic carbocycles. The van der Waals surface area contributed by atoms with Crippen molar-refractivity contribution in [3.8, 4) is 0 Å². The van der Waals surface area contributed by atoms with Gasteiger partial charge in [0.1, 0.15) is 4.90 Å². The molecule has 0 spiro atoms. The molecule has 0 radical (unpaired) electrons. The molecule has 3 N–H and O–H groups in total. The molecule has 20 heavy (non-hydrogen) atoms. The first-order chi connectivity index (χ1) is 9.57. The van der Waals surface area contributed by atoms with Crippen molar-refractivity contribution in [3.05, 3.63) is 60.2 Å². The van der Waals surface area contributed by atoms with Crippen LogP contribution < -0.4 is 10.5 Å². The molecular weight excluding hydrogens is 272 g/mol. The second-order valence-corrected chi connectivity index (χ2v) is 6.09. The van der Waals surface area contributed by atoms with Crippen molar-refractivity contribution in [1.29, 1.82) is 0 Å². The number of benzene rings is 2. The normalized spacial score (nSPS) is 11.2. The summed E-state index contributed by atoms with van der Waals surface area (Å²) >= 11 is 0. The SMILES string of the molecule is NS(=O)(=O)c1ccccc1NCCCc1ccccc1. The van der Waals surface area contributed by atoms with Gasteiger partial charge in [-0.25, -0.2) is 13.6 Å². The van der Waals surface area contributed by atoms with E-state index in [1.807, 2.05) is 18.2 Å². The summed E-state index contributed by atoms with van der Waals surface area (Å²) < 4.78 is 22.9. The molecule has 0 atom stereocenters. The Hall–Kier alpha value is -1.85. The third kappa shape index (κ3) is 4.08. The van der Waals surface area contributed by atoms with Gasteiger partial charge in [-0.15, -0.1) is 0 Å². The molecular formula is C15H18N2O2S. The van der Waals surface area contributed by atoms with E-state index in [9.17, 15) is 8.42 Å². The number of hydrogen-bond acceptors (Lipinski definition) is 3. The third-order valence-corrected chi connectivity index (χ3v) is 3.96. The van der Waals surface area contributed by atoms with Crippen molar-refractivity contribution in [2.75, 3.05) is 11.9 Å². The summed E-state index contributed by atoms with van der Waals surface area (Å²) in [5.74, 6) is 0. The molecule has 0 amide bonds. The van der Waals surface area contributed by atoms with E-state index in [0.29, 0.717) is 12.2 Å². The predicted octanol–water partition coefficient (Wildman–Crippen LogP) is 2.38. The number of aryl methyl sites for hydroxylation is 1. The maximum Gasteiger partial charge on any atom is 0.240 e. The summed E-state index contributed by atoms with van der Waals surface area (Å²) in [7, 11) is -3.69. The average Bonchev–Trinajstić information content (AvgIpc) is 2.44. The van der Waals surface area contributed by atoms with Gasteiger partial charge >= 0.3 is 0 Å². The summed E-state index contributed by atoms with van der Waals surface area (Å²) in [5, 5.41) is 8.32. The summed E-state index contributed by atoms with van der Waals surface area (Å²) in [6.45, 7) is 0.696. The Kier molecular flexibility index (Phi) is 4.76. The van der Waals surface area contributed by atoms with Crippen LogP contribution in [0.4, 0.5) is 5.69 Å². The lowest BCUT2D eigenvalue weighted by Crippen LogP contribution is -2.15. The topological polar surface area (TPSA) is 72.2 Å². The zero-order valence-electron chi connectivity index (χ0n) is 11.1. The van der Waals surface area contributed by atoms with Gasteiger partial charge in [-0.1, -0.05) is 42.5 Å². The van der Waals surface area contributed by atoms with Crippen molar-refractivity contribution in [3.63, 3.8) is 0 Å². The number of hydrogen-bond donors (Lipinski definition) is 2. The second-order valence-electron chi connectivity index (χ2n) is 4.56. The Bertz CT molecular complexity index is 655. The molecule has 4 nitrogen and oxygen atoms in total. The zero-order chi connectivity index (χ0) is 14.4. The van der Waals surface area contributed by atoms with Gasteiger partial charge in [-0.3, -0.25) is 0 Å². The van der Waals surface area contributed by atoms with Crippen LogP contribution in [0, 0.1) is 0 Å². The summed E-state index contributed by atoms with van der Waals surface area (Å²) in [6, 6.07) is 16.9. The highest BCUT2D eigenvalue weighted by molar-refractivity contribution is 7.89. The minimum Gasteiger partial charge on any atom is -0.384 e. The van der Waals surface area contributed by atoms with E-state index < -0.39 is 10.0 Å². The van der Waals surface area contributed by atoms with E-state index >= 15 is 0 Å². The largest absolute Gasteiger partial charge is 0.384 e. The first-order valence-corrected chi connectivity index (χ1v) is 8.01. The Morgan fingerprint density at radius 2 is 1.60 bits per heavy atom. The van der Waals surface area contributed by atoms with E-state index in [4.69, 9.17) is 5.14 Å². The van der Waals surface area contributed by atoms with E-state index in [1.54, 1.807) is 18.2 Å². The number of primary sulfonamides is 1. The highest BCUT2D eigenvalue weighted by atomic mass is 32.2. The lowest BCUT2D eigenvalue weighted by molar-refractivity contribution is 0.598. The number of para-hydroxylation sites is 1. The van der Waals surface area contributed by atoms with Gasteiger partial charge in [-0.2, -0.15) is 0 Å². The molecule has 106 valence electrons. The number of rotatable bonds is 6. The Morgan fingerprint density at radius 1 is 0.950 bits per heavy atom. The van der Waals surface area contributed by atoms with Crippen molar-refractivity contribution >= 4 is 15.7 Å². The molecule has 0 unspecified atom stereocenters. The molecule has 0 saturated heterocycles. The van der Waals surface area contributed by atoms with Gasteiger partial charge in [0.2, 0.25) is 10.0 Å². The molecule has 0 aliphatic carbocycles. The van der Waals surface area contributed by atoms with Gasteiger partial charge in [0, 0.05) is 6.54 Å². The fourth-order valence-electron chi connectivity index (χ4n) is 2.02. The number of anilines is 1. The number of nitrogens with two attached hydrogens (primary N) is 1. The van der Waals surface area contributed by atoms with Gasteiger partial charge < -0.3 is 5.32 Å². The first-order valence-electron chi connectivity index (χ1n) is 6.47. The van der Waals surface area contributed by atoms with Crippen molar-refractivity contribution in [2.24, 2.45) is 5.14 Å². The van der Waals surface area contributed by atoms with Gasteiger partial charge in [0.15, 0.2) is 0 Å². The number of sulfonamides is 1. The lowest BCUT2D eigenvalue weighted by Gasteiger charge is -2.10. The van der Waals surface area contributed by atoms with Crippen LogP contribution in [0.2, 0.25) is 0 Å². The summed E-state index contributed by atoms with van der Waals surface area (Å²) in [4.78, 5) is 0.139. The molecule has 0 saturated carbocycles. The van der Waals surface area contributed by atoms with Crippen LogP contribution in [-0.4, -0.2) is 15.0 Å². The van der Waals surface area contributed by atoms with Crippen LogP contribution in [0.1, 0.15) is 12.0 Å². The molecule has 2 aromatic rings. The standard InChI is InChI=1S/C15H18N2O2S/c16-20(18,19)15-11-5-4-10-14(15)17-12-6-9-13-7-2-1-3-8-13/h1-5,7-8,10-11,17H,6,9,12H2,(H2,16,18,19). The molecule has 0 heterocycles. The summed E-state index contributed by atoms with van der Waals surface area (Å²) in [6.07, 6.45) is 1.87.